The monoisotopic (exact) mass is 282 g/mol. The lowest BCUT2D eigenvalue weighted by atomic mass is 10.2. The fourth-order valence-corrected chi connectivity index (χ4v) is 2.19. The van der Waals surface area contributed by atoms with Crippen molar-refractivity contribution in [3.63, 3.8) is 0 Å². The smallest absolute Gasteiger partial charge is 0.242 e. The minimum atomic E-state index is -0.579. The summed E-state index contributed by atoms with van der Waals surface area (Å²) in [7, 11) is 0. The van der Waals surface area contributed by atoms with Crippen LogP contribution in [0.15, 0.2) is 17.5 Å². The zero-order valence-electron chi connectivity index (χ0n) is 11.1. The molecule has 104 valence electrons. The number of Topliss-reactive ketones (excluding diaryl/α,β-unsaturated/α-hetero) is 1. The molecule has 1 unspecified atom stereocenters. The molecule has 0 fully saturated rings. The number of ketones is 1. The third-order valence-corrected chi connectivity index (χ3v) is 3.41. The minimum absolute atomic E-state index is 0.0455. The van der Waals surface area contributed by atoms with Crippen molar-refractivity contribution in [3.8, 4) is 0 Å². The van der Waals surface area contributed by atoms with E-state index in [0.29, 0.717) is 11.4 Å². The summed E-state index contributed by atoms with van der Waals surface area (Å²) < 4.78 is 0. The number of nitrogens with one attached hydrogen (secondary N) is 2. The molecule has 1 rings (SSSR count). The summed E-state index contributed by atoms with van der Waals surface area (Å²) in [6.07, 6.45) is 0.259. The van der Waals surface area contributed by atoms with E-state index >= 15 is 0 Å². The van der Waals surface area contributed by atoms with Crippen LogP contribution in [0.3, 0.4) is 0 Å². The van der Waals surface area contributed by atoms with E-state index in [-0.39, 0.29) is 30.4 Å². The second kappa shape index (κ2) is 7.68. The second-order valence-electron chi connectivity index (χ2n) is 4.08. The van der Waals surface area contributed by atoms with E-state index in [1.807, 2.05) is 12.3 Å². The highest BCUT2D eigenvalue weighted by Crippen LogP contribution is 2.12. The van der Waals surface area contributed by atoms with Gasteiger partial charge in [0, 0.05) is 19.4 Å². The standard InChI is InChI=1S/C13H18N2O3S/c1-3-14-13(18)9(2)15-12(17)7-6-10(16)11-5-4-8-19-11/h4-5,8-9H,3,6-7H2,1-2H3,(H,14,18)(H,15,17). The lowest BCUT2D eigenvalue weighted by Gasteiger charge is -2.12. The third kappa shape index (κ3) is 5.21. The summed E-state index contributed by atoms with van der Waals surface area (Å²) in [5, 5.41) is 7.01. The van der Waals surface area contributed by atoms with Gasteiger partial charge < -0.3 is 10.6 Å². The van der Waals surface area contributed by atoms with Crippen molar-refractivity contribution in [2.75, 3.05) is 6.54 Å². The number of likely N-dealkylation sites (N-methyl/N-ethyl adjacent to an activating group) is 1. The molecule has 0 saturated carbocycles. The van der Waals surface area contributed by atoms with Crippen LogP contribution in [-0.2, 0) is 9.59 Å². The molecular weight excluding hydrogens is 264 g/mol. The van der Waals surface area contributed by atoms with Gasteiger partial charge in [0.2, 0.25) is 11.8 Å². The summed E-state index contributed by atoms with van der Waals surface area (Å²) in [4.78, 5) is 35.3. The Morgan fingerprint density at radius 2 is 2.05 bits per heavy atom. The molecule has 6 heteroatoms. The van der Waals surface area contributed by atoms with E-state index in [9.17, 15) is 14.4 Å². The maximum Gasteiger partial charge on any atom is 0.242 e. The van der Waals surface area contributed by atoms with Crippen LogP contribution >= 0.6 is 11.3 Å². The summed E-state index contributed by atoms with van der Waals surface area (Å²) in [5.41, 5.74) is 0. The largest absolute Gasteiger partial charge is 0.355 e. The van der Waals surface area contributed by atoms with Crippen molar-refractivity contribution in [1.82, 2.24) is 10.6 Å². The van der Waals surface area contributed by atoms with Crippen LogP contribution in [0, 0.1) is 0 Å². The molecule has 0 radical (unpaired) electrons. The first kappa shape index (κ1) is 15.4. The Morgan fingerprint density at radius 3 is 2.63 bits per heavy atom. The molecule has 0 bridgehead atoms. The van der Waals surface area contributed by atoms with Crippen LogP contribution in [0.25, 0.3) is 0 Å². The third-order valence-electron chi connectivity index (χ3n) is 2.50. The van der Waals surface area contributed by atoms with Crippen LogP contribution in [0.4, 0.5) is 0 Å². The Hall–Kier alpha value is -1.69. The zero-order valence-corrected chi connectivity index (χ0v) is 11.9. The lowest BCUT2D eigenvalue weighted by molar-refractivity contribution is -0.128. The summed E-state index contributed by atoms with van der Waals surface area (Å²) >= 11 is 1.36. The second-order valence-corrected chi connectivity index (χ2v) is 5.03. The quantitative estimate of drug-likeness (QED) is 0.741. The minimum Gasteiger partial charge on any atom is -0.355 e. The number of hydrogen-bond acceptors (Lipinski definition) is 4. The zero-order chi connectivity index (χ0) is 14.3. The van der Waals surface area contributed by atoms with Gasteiger partial charge in [-0.1, -0.05) is 6.07 Å². The number of amides is 2. The average Bonchev–Trinajstić information content (AvgIpc) is 2.90. The maximum absolute atomic E-state index is 11.7. The first-order valence-electron chi connectivity index (χ1n) is 6.18. The van der Waals surface area contributed by atoms with Gasteiger partial charge in [-0.3, -0.25) is 14.4 Å². The van der Waals surface area contributed by atoms with Gasteiger partial charge in [0.05, 0.1) is 4.88 Å². The van der Waals surface area contributed by atoms with E-state index < -0.39 is 6.04 Å². The van der Waals surface area contributed by atoms with Crippen LogP contribution in [0.5, 0.6) is 0 Å². The van der Waals surface area contributed by atoms with E-state index in [0.717, 1.165) is 0 Å². The molecule has 1 aromatic heterocycles. The average molecular weight is 282 g/mol. The maximum atomic E-state index is 11.7. The van der Waals surface area contributed by atoms with Crippen molar-refractivity contribution in [1.29, 1.82) is 0 Å². The first-order chi connectivity index (χ1) is 9.04. The Balaban J connectivity index is 2.32. The van der Waals surface area contributed by atoms with E-state index in [2.05, 4.69) is 10.6 Å². The highest BCUT2D eigenvalue weighted by Gasteiger charge is 2.16. The Labute approximate surface area is 116 Å². The van der Waals surface area contributed by atoms with Gasteiger partial charge in [0.1, 0.15) is 6.04 Å². The number of carbonyl (C=O) groups excluding carboxylic acids is 3. The predicted octanol–water partition coefficient (Wildman–Crippen LogP) is 1.35. The van der Waals surface area contributed by atoms with Crippen molar-refractivity contribution in [2.24, 2.45) is 0 Å². The molecule has 19 heavy (non-hydrogen) atoms. The summed E-state index contributed by atoms with van der Waals surface area (Å²) in [6, 6.07) is 2.96. The molecule has 5 nitrogen and oxygen atoms in total. The molecule has 1 aromatic rings. The molecule has 0 aliphatic heterocycles. The number of carbonyl (C=O) groups is 3. The molecule has 1 heterocycles. The molecule has 0 aliphatic carbocycles. The highest BCUT2D eigenvalue weighted by molar-refractivity contribution is 7.12. The number of hydrogen-bond donors (Lipinski definition) is 2. The first-order valence-corrected chi connectivity index (χ1v) is 7.06. The van der Waals surface area contributed by atoms with E-state index in [1.54, 1.807) is 19.1 Å². The molecular formula is C13H18N2O3S. The highest BCUT2D eigenvalue weighted by atomic mass is 32.1. The van der Waals surface area contributed by atoms with Crippen molar-refractivity contribution < 1.29 is 14.4 Å². The molecule has 0 aromatic carbocycles. The fraction of sp³-hybridized carbons (Fsp3) is 0.462. The molecule has 0 aliphatic rings. The van der Waals surface area contributed by atoms with Crippen LogP contribution in [0.2, 0.25) is 0 Å². The molecule has 2 N–H and O–H groups in total. The Bertz CT molecular complexity index is 443. The van der Waals surface area contributed by atoms with Crippen LogP contribution in [-0.4, -0.2) is 30.2 Å². The topological polar surface area (TPSA) is 75.3 Å². The molecule has 2 amide bonds. The normalized spacial score (nSPS) is 11.7. The van der Waals surface area contributed by atoms with Gasteiger partial charge in [0.25, 0.3) is 0 Å². The number of thiophene rings is 1. The van der Waals surface area contributed by atoms with Gasteiger partial charge in [-0.15, -0.1) is 11.3 Å². The Kier molecular flexibility index (Phi) is 6.21. The number of rotatable bonds is 7. The van der Waals surface area contributed by atoms with Gasteiger partial charge in [-0.25, -0.2) is 0 Å². The van der Waals surface area contributed by atoms with Gasteiger partial charge >= 0.3 is 0 Å². The fourth-order valence-electron chi connectivity index (χ4n) is 1.49. The van der Waals surface area contributed by atoms with E-state index in [4.69, 9.17) is 0 Å². The van der Waals surface area contributed by atoms with Gasteiger partial charge in [-0.2, -0.15) is 0 Å². The predicted molar refractivity (Wildman–Crippen MR) is 74.2 cm³/mol. The summed E-state index contributed by atoms with van der Waals surface area (Å²) in [6.45, 7) is 3.95. The van der Waals surface area contributed by atoms with Crippen molar-refractivity contribution in [3.05, 3.63) is 22.4 Å². The molecule has 1 atom stereocenters. The van der Waals surface area contributed by atoms with Crippen molar-refractivity contribution in [2.45, 2.75) is 32.7 Å². The summed E-state index contributed by atoms with van der Waals surface area (Å²) in [5.74, 6) is -0.556. The Morgan fingerprint density at radius 1 is 1.32 bits per heavy atom. The van der Waals surface area contributed by atoms with E-state index in [1.165, 1.54) is 11.3 Å². The molecule has 0 saturated heterocycles. The van der Waals surface area contributed by atoms with Crippen molar-refractivity contribution >= 4 is 28.9 Å². The van der Waals surface area contributed by atoms with Gasteiger partial charge in [-0.05, 0) is 25.3 Å². The van der Waals surface area contributed by atoms with Crippen LogP contribution in [0.1, 0.15) is 36.4 Å². The SMILES string of the molecule is CCNC(=O)C(C)NC(=O)CCC(=O)c1cccs1. The molecule has 0 spiro atoms. The van der Waals surface area contributed by atoms with Crippen LogP contribution < -0.4 is 10.6 Å². The van der Waals surface area contributed by atoms with Gasteiger partial charge in [0.15, 0.2) is 5.78 Å². The lowest BCUT2D eigenvalue weighted by Crippen LogP contribution is -2.44.